The molecule has 0 aliphatic carbocycles. The number of amides is 1. The van der Waals surface area contributed by atoms with E-state index in [2.05, 4.69) is 5.32 Å². The number of fused-ring (bicyclic) bond motifs is 1. The predicted octanol–water partition coefficient (Wildman–Crippen LogP) is 3.51. The monoisotopic (exact) mass is 345 g/mol. The topological polar surface area (TPSA) is 81.7 Å². The maximum absolute atomic E-state index is 13.3. The highest BCUT2D eigenvalue weighted by Gasteiger charge is 2.21. The van der Waals surface area contributed by atoms with Crippen LogP contribution in [-0.4, -0.2) is 18.5 Å². The summed E-state index contributed by atoms with van der Waals surface area (Å²) < 4.78 is 28.9. The van der Waals surface area contributed by atoms with Crippen LogP contribution < -0.4 is 5.32 Å². The van der Waals surface area contributed by atoms with E-state index in [4.69, 9.17) is 13.6 Å². The van der Waals surface area contributed by atoms with Crippen LogP contribution in [-0.2, 0) is 9.53 Å². The molecule has 6 nitrogen and oxygen atoms in total. The highest BCUT2D eigenvalue weighted by molar-refractivity contribution is 5.96. The molecule has 3 aromatic rings. The van der Waals surface area contributed by atoms with Crippen LogP contribution in [0.3, 0.4) is 0 Å². The summed E-state index contributed by atoms with van der Waals surface area (Å²) in [5.41, 5.74) is 0.839. The van der Waals surface area contributed by atoms with Crippen molar-refractivity contribution in [2.75, 3.05) is 6.61 Å². The Labute approximate surface area is 142 Å². The van der Waals surface area contributed by atoms with Crippen molar-refractivity contribution in [2.45, 2.75) is 19.9 Å². The van der Waals surface area contributed by atoms with Crippen molar-refractivity contribution in [1.29, 1.82) is 0 Å². The number of aryl methyl sites for hydroxylation is 1. The van der Waals surface area contributed by atoms with Crippen molar-refractivity contribution in [1.82, 2.24) is 5.32 Å². The van der Waals surface area contributed by atoms with Crippen LogP contribution in [0.2, 0.25) is 0 Å². The van der Waals surface area contributed by atoms with Crippen molar-refractivity contribution in [3.05, 3.63) is 59.5 Å². The predicted molar refractivity (Wildman–Crippen MR) is 86.5 cm³/mol. The molecule has 0 saturated carbocycles. The minimum Gasteiger partial charge on any atom is -0.467 e. The number of ether oxygens (including phenoxy) is 1. The Hall–Kier alpha value is -3.09. The highest BCUT2D eigenvalue weighted by atomic mass is 19.1. The third-order valence-electron chi connectivity index (χ3n) is 3.77. The normalized spacial score (nSPS) is 12.1. The zero-order chi connectivity index (χ0) is 18.0. The molecule has 7 heteroatoms. The summed E-state index contributed by atoms with van der Waals surface area (Å²) in [5.74, 6) is -1.14. The number of carbonyl (C=O) groups excluding carboxylic acids is 2. The van der Waals surface area contributed by atoms with E-state index in [-0.39, 0.29) is 11.8 Å². The first-order chi connectivity index (χ1) is 12.0. The molecule has 1 atom stereocenters. The first kappa shape index (κ1) is 16.8. The number of hydrogen-bond acceptors (Lipinski definition) is 5. The van der Waals surface area contributed by atoms with Gasteiger partial charge in [0.1, 0.15) is 17.2 Å². The summed E-state index contributed by atoms with van der Waals surface area (Å²) in [6.45, 7) is 2.91. The molecular formula is C18H16FNO5. The van der Waals surface area contributed by atoms with E-state index in [1.807, 2.05) is 0 Å². The number of esters is 1. The van der Waals surface area contributed by atoms with Gasteiger partial charge in [-0.2, -0.15) is 0 Å². The van der Waals surface area contributed by atoms with Gasteiger partial charge >= 0.3 is 5.97 Å². The summed E-state index contributed by atoms with van der Waals surface area (Å²) in [7, 11) is 0. The third kappa shape index (κ3) is 3.55. The minimum absolute atomic E-state index is 0.0486. The van der Waals surface area contributed by atoms with Gasteiger partial charge in [0.2, 0.25) is 5.76 Å². The molecule has 2 aromatic heterocycles. The van der Waals surface area contributed by atoms with Crippen LogP contribution in [0.1, 0.15) is 34.8 Å². The molecule has 1 aromatic carbocycles. The SMILES string of the molecule is Cc1c(C(=O)OCC(=O)N[C@@H](C)c2ccco2)oc2ccc(F)cc12. The lowest BCUT2D eigenvalue weighted by molar-refractivity contribution is -0.125. The number of carbonyl (C=O) groups is 2. The largest absolute Gasteiger partial charge is 0.467 e. The molecule has 0 aliphatic heterocycles. The number of rotatable bonds is 5. The number of hydrogen-bond donors (Lipinski definition) is 1. The van der Waals surface area contributed by atoms with Gasteiger partial charge in [-0.15, -0.1) is 0 Å². The van der Waals surface area contributed by atoms with E-state index in [0.29, 0.717) is 22.3 Å². The van der Waals surface area contributed by atoms with Crippen molar-refractivity contribution in [2.24, 2.45) is 0 Å². The Bertz CT molecular complexity index is 913. The van der Waals surface area contributed by atoms with Gasteiger partial charge in [-0.25, -0.2) is 9.18 Å². The maximum atomic E-state index is 13.3. The molecule has 0 aliphatic rings. The summed E-state index contributed by atoms with van der Waals surface area (Å²) in [4.78, 5) is 24.0. The molecule has 0 spiro atoms. The van der Waals surface area contributed by atoms with Crippen molar-refractivity contribution in [3.8, 4) is 0 Å². The standard InChI is InChI=1S/C18H16FNO5/c1-10-13-8-12(19)5-6-15(13)25-17(10)18(22)24-9-16(21)20-11(2)14-4-3-7-23-14/h3-8,11H,9H2,1-2H3,(H,20,21)/t11-/m0/s1. The fraction of sp³-hybridized carbons (Fsp3) is 0.222. The Morgan fingerprint density at radius 2 is 2.12 bits per heavy atom. The molecule has 0 fully saturated rings. The van der Waals surface area contributed by atoms with Gasteiger partial charge in [0.25, 0.3) is 5.91 Å². The second kappa shape index (κ2) is 6.80. The van der Waals surface area contributed by atoms with Gasteiger partial charge in [-0.05, 0) is 44.2 Å². The van der Waals surface area contributed by atoms with Gasteiger partial charge in [-0.1, -0.05) is 0 Å². The Balaban J connectivity index is 1.63. The van der Waals surface area contributed by atoms with Gasteiger partial charge in [0.05, 0.1) is 12.3 Å². The van der Waals surface area contributed by atoms with Crippen LogP contribution in [0.4, 0.5) is 4.39 Å². The van der Waals surface area contributed by atoms with Gasteiger partial charge in [0.15, 0.2) is 6.61 Å². The van der Waals surface area contributed by atoms with Crippen LogP contribution >= 0.6 is 0 Å². The zero-order valence-corrected chi connectivity index (χ0v) is 13.7. The van der Waals surface area contributed by atoms with E-state index in [1.165, 1.54) is 24.5 Å². The van der Waals surface area contributed by atoms with Gasteiger partial charge in [0, 0.05) is 10.9 Å². The van der Waals surface area contributed by atoms with E-state index in [0.717, 1.165) is 0 Å². The van der Waals surface area contributed by atoms with E-state index >= 15 is 0 Å². The molecule has 0 bridgehead atoms. The Morgan fingerprint density at radius 3 is 2.84 bits per heavy atom. The van der Waals surface area contributed by atoms with E-state index < -0.39 is 24.3 Å². The van der Waals surface area contributed by atoms with E-state index in [9.17, 15) is 14.0 Å². The van der Waals surface area contributed by atoms with Crippen molar-refractivity contribution >= 4 is 22.8 Å². The number of furan rings is 2. The molecule has 3 rings (SSSR count). The fourth-order valence-electron chi connectivity index (χ4n) is 2.48. The molecule has 130 valence electrons. The Kier molecular flexibility index (Phi) is 4.56. The number of benzene rings is 1. The quantitative estimate of drug-likeness (QED) is 0.716. The van der Waals surface area contributed by atoms with Gasteiger partial charge < -0.3 is 18.9 Å². The van der Waals surface area contributed by atoms with Crippen LogP contribution in [0.15, 0.2) is 45.4 Å². The molecule has 0 saturated heterocycles. The summed E-state index contributed by atoms with van der Waals surface area (Å²) in [5, 5.41) is 3.14. The average Bonchev–Trinajstić information content (AvgIpc) is 3.22. The third-order valence-corrected chi connectivity index (χ3v) is 3.77. The molecule has 1 amide bonds. The molecular weight excluding hydrogens is 329 g/mol. The zero-order valence-electron chi connectivity index (χ0n) is 13.7. The van der Waals surface area contributed by atoms with Crippen LogP contribution in [0.5, 0.6) is 0 Å². The molecule has 0 unspecified atom stereocenters. The first-order valence-electron chi connectivity index (χ1n) is 7.64. The number of nitrogens with one attached hydrogen (secondary N) is 1. The van der Waals surface area contributed by atoms with Crippen molar-refractivity contribution < 1.29 is 27.6 Å². The van der Waals surface area contributed by atoms with E-state index in [1.54, 1.807) is 26.0 Å². The second-order valence-electron chi connectivity index (χ2n) is 5.58. The Morgan fingerprint density at radius 1 is 1.32 bits per heavy atom. The maximum Gasteiger partial charge on any atom is 0.375 e. The molecule has 25 heavy (non-hydrogen) atoms. The van der Waals surface area contributed by atoms with Crippen molar-refractivity contribution in [3.63, 3.8) is 0 Å². The fourth-order valence-corrected chi connectivity index (χ4v) is 2.48. The molecule has 0 radical (unpaired) electrons. The first-order valence-corrected chi connectivity index (χ1v) is 7.64. The lowest BCUT2D eigenvalue weighted by atomic mass is 10.1. The van der Waals surface area contributed by atoms with Crippen LogP contribution in [0.25, 0.3) is 11.0 Å². The summed E-state index contributed by atoms with van der Waals surface area (Å²) in [6, 6.07) is 7.05. The lowest BCUT2D eigenvalue weighted by Gasteiger charge is -2.11. The summed E-state index contributed by atoms with van der Waals surface area (Å²) >= 11 is 0. The number of halogens is 1. The lowest BCUT2D eigenvalue weighted by Crippen LogP contribution is -2.31. The van der Waals surface area contributed by atoms with Crippen LogP contribution in [0, 0.1) is 12.7 Å². The van der Waals surface area contributed by atoms with Gasteiger partial charge in [-0.3, -0.25) is 4.79 Å². The molecule has 1 N–H and O–H groups in total. The highest BCUT2D eigenvalue weighted by Crippen LogP contribution is 2.26. The molecule has 2 heterocycles. The minimum atomic E-state index is -0.782. The second-order valence-corrected chi connectivity index (χ2v) is 5.58. The summed E-state index contributed by atoms with van der Waals surface area (Å²) in [6.07, 6.45) is 1.51. The average molecular weight is 345 g/mol. The smallest absolute Gasteiger partial charge is 0.375 e.